The van der Waals surface area contributed by atoms with Gasteiger partial charge in [-0.2, -0.15) is 0 Å². The fourth-order valence-electron chi connectivity index (χ4n) is 1.60. The van der Waals surface area contributed by atoms with Gasteiger partial charge in [0, 0.05) is 17.8 Å². The number of rotatable bonds is 4. The molecule has 0 saturated heterocycles. The van der Waals surface area contributed by atoms with E-state index in [2.05, 4.69) is 30.9 Å². The minimum absolute atomic E-state index is 0.423. The third kappa shape index (κ3) is 3.02. The lowest BCUT2D eigenvalue weighted by atomic mass is 10.3. The van der Waals surface area contributed by atoms with Crippen LogP contribution in [-0.4, -0.2) is 15.0 Å². The van der Waals surface area contributed by atoms with Crippen LogP contribution in [0.15, 0.2) is 52.6 Å². The van der Waals surface area contributed by atoms with Crippen LogP contribution in [0.5, 0.6) is 5.75 Å². The van der Waals surface area contributed by atoms with Gasteiger partial charge in [-0.25, -0.2) is 15.0 Å². The summed E-state index contributed by atoms with van der Waals surface area (Å²) in [6, 6.07) is 9.53. The molecule has 0 atom stereocenters. The average molecular weight is 348 g/mol. The number of hydrogen-bond acceptors (Lipinski definition) is 5. The predicted octanol–water partition coefficient (Wildman–Crippen LogP) is 3.94. The van der Waals surface area contributed by atoms with Crippen molar-refractivity contribution >= 4 is 27.3 Å². The smallest absolute Gasteiger partial charge is 0.188 e. The molecule has 1 aromatic carbocycles. The molecule has 0 radical (unpaired) electrons. The standard InChI is InChI=1S/C14H10BrN3OS/c15-11-4-1-2-5-12(11)19-8-10-9-20-14(18-10)13-16-6-3-7-17-13/h1-7,9H,8H2. The fraction of sp³-hybridized carbons (Fsp3) is 0.0714. The number of nitrogens with zero attached hydrogens (tertiary/aromatic N) is 3. The van der Waals surface area contributed by atoms with Gasteiger partial charge < -0.3 is 4.74 Å². The van der Waals surface area contributed by atoms with Crippen LogP contribution in [0.2, 0.25) is 0 Å². The number of halogens is 1. The van der Waals surface area contributed by atoms with Crippen molar-refractivity contribution < 1.29 is 4.74 Å². The van der Waals surface area contributed by atoms with Crippen LogP contribution in [0.1, 0.15) is 5.69 Å². The summed E-state index contributed by atoms with van der Waals surface area (Å²) in [5.74, 6) is 1.45. The van der Waals surface area contributed by atoms with Crippen molar-refractivity contribution in [3.05, 3.63) is 58.3 Å². The van der Waals surface area contributed by atoms with Crippen LogP contribution in [-0.2, 0) is 6.61 Å². The summed E-state index contributed by atoms with van der Waals surface area (Å²) in [6.07, 6.45) is 3.42. The van der Waals surface area contributed by atoms with Crippen LogP contribution in [0.3, 0.4) is 0 Å². The van der Waals surface area contributed by atoms with Crippen LogP contribution >= 0.6 is 27.3 Å². The first-order chi connectivity index (χ1) is 9.83. The summed E-state index contributed by atoms with van der Waals surface area (Å²) in [6.45, 7) is 0.423. The first-order valence-electron chi connectivity index (χ1n) is 5.92. The molecule has 6 heteroatoms. The molecule has 0 bridgehead atoms. The Hall–Kier alpha value is -1.79. The zero-order valence-electron chi connectivity index (χ0n) is 10.4. The summed E-state index contributed by atoms with van der Waals surface area (Å²) in [5.41, 5.74) is 0.869. The maximum Gasteiger partial charge on any atom is 0.188 e. The van der Waals surface area contributed by atoms with Crippen molar-refractivity contribution in [1.82, 2.24) is 15.0 Å². The molecule has 100 valence electrons. The first kappa shape index (κ1) is 13.2. The van der Waals surface area contributed by atoms with E-state index in [1.165, 1.54) is 11.3 Å². The Morgan fingerprint density at radius 1 is 1.10 bits per heavy atom. The lowest BCUT2D eigenvalue weighted by Gasteiger charge is -2.05. The quantitative estimate of drug-likeness (QED) is 0.717. The minimum Gasteiger partial charge on any atom is -0.486 e. The van der Waals surface area contributed by atoms with Gasteiger partial charge in [0.05, 0.1) is 10.2 Å². The second kappa shape index (κ2) is 6.11. The average Bonchev–Trinajstić information content (AvgIpc) is 2.96. The van der Waals surface area contributed by atoms with Crippen molar-refractivity contribution in [2.75, 3.05) is 0 Å². The van der Waals surface area contributed by atoms with Crippen LogP contribution < -0.4 is 4.74 Å². The predicted molar refractivity (Wildman–Crippen MR) is 81.6 cm³/mol. The first-order valence-corrected chi connectivity index (χ1v) is 7.59. The highest BCUT2D eigenvalue weighted by molar-refractivity contribution is 9.10. The highest BCUT2D eigenvalue weighted by Gasteiger charge is 2.08. The van der Waals surface area contributed by atoms with E-state index in [-0.39, 0.29) is 0 Å². The summed E-state index contributed by atoms with van der Waals surface area (Å²) >= 11 is 4.96. The van der Waals surface area contributed by atoms with Gasteiger partial charge in [0.25, 0.3) is 0 Å². The molecule has 4 nitrogen and oxygen atoms in total. The SMILES string of the molecule is Brc1ccccc1OCc1csc(-c2ncccn2)n1. The largest absolute Gasteiger partial charge is 0.486 e. The van der Waals surface area contributed by atoms with Gasteiger partial charge in [-0.15, -0.1) is 11.3 Å². The topological polar surface area (TPSA) is 47.9 Å². The van der Waals surface area contributed by atoms with Crippen molar-refractivity contribution in [1.29, 1.82) is 0 Å². The molecular weight excluding hydrogens is 338 g/mol. The number of thiazole rings is 1. The van der Waals surface area contributed by atoms with Gasteiger partial charge in [0.2, 0.25) is 0 Å². The summed E-state index contributed by atoms with van der Waals surface area (Å²) in [5, 5.41) is 2.76. The summed E-state index contributed by atoms with van der Waals surface area (Å²) < 4.78 is 6.66. The van der Waals surface area contributed by atoms with E-state index in [4.69, 9.17) is 4.74 Å². The lowest BCUT2D eigenvalue weighted by molar-refractivity contribution is 0.300. The Morgan fingerprint density at radius 2 is 1.90 bits per heavy atom. The maximum absolute atomic E-state index is 5.73. The van der Waals surface area contributed by atoms with E-state index in [1.807, 2.05) is 29.6 Å². The second-order valence-corrected chi connectivity index (χ2v) is 5.65. The van der Waals surface area contributed by atoms with E-state index in [0.29, 0.717) is 12.4 Å². The number of para-hydroxylation sites is 1. The van der Waals surface area contributed by atoms with Crippen LogP contribution in [0, 0.1) is 0 Å². The molecule has 2 heterocycles. The minimum atomic E-state index is 0.423. The van der Waals surface area contributed by atoms with E-state index in [9.17, 15) is 0 Å². The van der Waals surface area contributed by atoms with E-state index in [1.54, 1.807) is 18.5 Å². The molecule has 0 saturated carbocycles. The third-order valence-corrected chi connectivity index (χ3v) is 4.06. The van der Waals surface area contributed by atoms with E-state index < -0.39 is 0 Å². The zero-order chi connectivity index (χ0) is 13.8. The van der Waals surface area contributed by atoms with Gasteiger partial charge in [-0.1, -0.05) is 12.1 Å². The lowest BCUT2D eigenvalue weighted by Crippen LogP contribution is -1.96. The Bertz CT molecular complexity index is 702. The highest BCUT2D eigenvalue weighted by atomic mass is 79.9. The number of benzene rings is 1. The van der Waals surface area contributed by atoms with E-state index in [0.717, 1.165) is 20.9 Å². The molecule has 2 aromatic heterocycles. The molecule has 0 fully saturated rings. The Balaban J connectivity index is 1.71. The van der Waals surface area contributed by atoms with Crippen molar-refractivity contribution in [3.8, 4) is 16.6 Å². The molecular formula is C14H10BrN3OS. The molecule has 0 aliphatic carbocycles. The molecule has 0 aliphatic heterocycles. The highest BCUT2D eigenvalue weighted by Crippen LogP contribution is 2.25. The second-order valence-electron chi connectivity index (χ2n) is 3.94. The third-order valence-electron chi connectivity index (χ3n) is 2.52. The number of hydrogen-bond donors (Lipinski definition) is 0. The monoisotopic (exact) mass is 347 g/mol. The van der Waals surface area contributed by atoms with E-state index >= 15 is 0 Å². The van der Waals surface area contributed by atoms with Gasteiger partial charge >= 0.3 is 0 Å². The van der Waals surface area contributed by atoms with Crippen molar-refractivity contribution in [2.24, 2.45) is 0 Å². The Morgan fingerprint density at radius 3 is 2.70 bits per heavy atom. The molecule has 0 aliphatic rings. The van der Waals surface area contributed by atoms with Gasteiger partial charge in [0.1, 0.15) is 12.4 Å². The summed E-state index contributed by atoms with van der Waals surface area (Å²) in [4.78, 5) is 12.8. The van der Waals surface area contributed by atoms with Crippen LogP contribution in [0.4, 0.5) is 0 Å². The molecule has 0 N–H and O–H groups in total. The summed E-state index contributed by atoms with van der Waals surface area (Å²) in [7, 11) is 0. The molecule has 3 rings (SSSR count). The van der Waals surface area contributed by atoms with Gasteiger partial charge in [-0.05, 0) is 34.1 Å². The molecule has 0 spiro atoms. The maximum atomic E-state index is 5.73. The molecule has 0 amide bonds. The Kier molecular flexibility index (Phi) is 4.03. The zero-order valence-corrected chi connectivity index (χ0v) is 12.8. The fourth-order valence-corrected chi connectivity index (χ4v) is 2.75. The number of ether oxygens (including phenoxy) is 1. The van der Waals surface area contributed by atoms with Crippen molar-refractivity contribution in [2.45, 2.75) is 6.61 Å². The van der Waals surface area contributed by atoms with Gasteiger partial charge in [-0.3, -0.25) is 0 Å². The van der Waals surface area contributed by atoms with Crippen LogP contribution in [0.25, 0.3) is 10.8 Å². The molecule has 0 unspecified atom stereocenters. The molecule has 20 heavy (non-hydrogen) atoms. The normalized spacial score (nSPS) is 10.4. The number of aromatic nitrogens is 3. The van der Waals surface area contributed by atoms with Crippen molar-refractivity contribution in [3.63, 3.8) is 0 Å². The van der Waals surface area contributed by atoms with Gasteiger partial charge in [0.15, 0.2) is 10.8 Å². The Labute approximate surface area is 128 Å². The molecule has 3 aromatic rings.